The van der Waals surface area contributed by atoms with E-state index in [2.05, 4.69) is 34.0 Å². The third-order valence-electron chi connectivity index (χ3n) is 2.91. The van der Waals surface area contributed by atoms with Gasteiger partial charge in [0.2, 0.25) is 0 Å². The highest BCUT2D eigenvalue weighted by atomic mass is 15.2. The minimum atomic E-state index is 0.407. The summed E-state index contributed by atoms with van der Waals surface area (Å²) in [5, 5.41) is 3.03. The molecule has 1 fully saturated rings. The van der Waals surface area contributed by atoms with Crippen molar-refractivity contribution in [3.8, 4) is 0 Å². The summed E-state index contributed by atoms with van der Waals surface area (Å²) in [7, 11) is 1.88. The fourth-order valence-corrected chi connectivity index (χ4v) is 1.96. The first-order valence-electron chi connectivity index (χ1n) is 5.35. The van der Waals surface area contributed by atoms with Crippen molar-refractivity contribution in [1.82, 2.24) is 9.97 Å². The summed E-state index contributed by atoms with van der Waals surface area (Å²) in [6.07, 6.45) is 2.85. The van der Waals surface area contributed by atoms with E-state index in [1.54, 1.807) is 6.33 Å². The zero-order valence-corrected chi connectivity index (χ0v) is 9.62. The standard InChI is InChI=1S/C11H18N4/c1-11(2)4-5-15(7-11)10-6-9(12-3)13-8-14-10/h6,8H,4-5,7H2,1-3H3,(H,12,13,14). The number of rotatable bonds is 2. The molecular weight excluding hydrogens is 188 g/mol. The van der Waals surface area contributed by atoms with Gasteiger partial charge in [0.15, 0.2) is 0 Å². The van der Waals surface area contributed by atoms with Crippen LogP contribution in [-0.2, 0) is 0 Å². The van der Waals surface area contributed by atoms with Crippen molar-refractivity contribution in [2.75, 3.05) is 30.4 Å². The van der Waals surface area contributed by atoms with Gasteiger partial charge in [-0.25, -0.2) is 9.97 Å². The molecule has 1 N–H and O–H groups in total. The Kier molecular flexibility index (Phi) is 2.50. The second-order valence-electron chi connectivity index (χ2n) is 4.85. The van der Waals surface area contributed by atoms with Crippen LogP contribution in [0.5, 0.6) is 0 Å². The molecule has 1 aromatic rings. The Morgan fingerprint density at radius 1 is 1.40 bits per heavy atom. The molecule has 2 rings (SSSR count). The van der Waals surface area contributed by atoms with E-state index in [1.807, 2.05) is 13.1 Å². The van der Waals surface area contributed by atoms with Gasteiger partial charge in [-0.2, -0.15) is 0 Å². The van der Waals surface area contributed by atoms with Crippen molar-refractivity contribution < 1.29 is 0 Å². The lowest BCUT2D eigenvalue weighted by Crippen LogP contribution is -2.23. The zero-order valence-electron chi connectivity index (χ0n) is 9.62. The molecule has 0 radical (unpaired) electrons. The SMILES string of the molecule is CNc1cc(N2CCC(C)(C)C2)ncn1. The van der Waals surface area contributed by atoms with Gasteiger partial charge in [-0.1, -0.05) is 13.8 Å². The van der Waals surface area contributed by atoms with Gasteiger partial charge >= 0.3 is 0 Å². The molecule has 82 valence electrons. The number of nitrogens with one attached hydrogen (secondary N) is 1. The molecule has 4 nitrogen and oxygen atoms in total. The van der Waals surface area contributed by atoms with Crippen molar-refractivity contribution in [2.24, 2.45) is 5.41 Å². The Morgan fingerprint density at radius 3 is 2.80 bits per heavy atom. The van der Waals surface area contributed by atoms with Gasteiger partial charge in [0.05, 0.1) is 0 Å². The molecule has 1 aliphatic heterocycles. The van der Waals surface area contributed by atoms with E-state index in [9.17, 15) is 0 Å². The minimum Gasteiger partial charge on any atom is -0.373 e. The Hall–Kier alpha value is -1.32. The number of anilines is 2. The van der Waals surface area contributed by atoms with Crippen LogP contribution in [0.15, 0.2) is 12.4 Å². The van der Waals surface area contributed by atoms with Crippen LogP contribution in [0.2, 0.25) is 0 Å². The molecule has 0 aromatic carbocycles. The molecule has 0 amide bonds. The van der Waals surface area contributed by atoms with Crippen LogP contribution in [0, 0.1) is 5.41 Å². The quantitative estimate of drug-likeness (QED) is 0.800. The monoisotopic (exact) mass is 206 g/mol. The van der Waals surface area contributed by atoms with E-state index >= 15 is 0 Å². The highest BCUT2D eigenvalue weighted by Gasteiger charge is 2.29. The lowest BCUT2D eigenvalue weighted by molar-refractivity contribution is 0.418. The third-order valence-corrected chi connectivity index (χ3v) is 2.91. The largest absolute Gasteiger partial charge is 0.373 e. The van der Waals surface area contributed by atoms with Crippen LogP contribution in [0.4, 0.5) is 11.6 Å². The number of hydrogen-bond donors (Lipinski definition) is 1. The number of nitrogens with zero attached hydrogens (tertiary/aromatic N) is 3. The average molecular weight is 206 g/mol. The van der Waals surface area contributed by atoms with Crippen LogP contribution in [0.3, 0.4) is 0 Å². The molecule has 1 saturated heterocycles. The summed E-state index contributed by atoms with van der Waals surface area (Å²) in [6, 6.07) is 2.00. The highest BCUT2D eigenvalue weighted by molar-refractivity contribution is 5.48. The first-order valence-corrected chi connectivity index (χ1v) is 5.35. The molecule has 0 bridgehead atoms. The molecule has 0 spiro atoms. The number of aromatic nitrogens is 2. The Morgan fingerprint density at radius 2 is 2.20 bits per heavy atom. The fourth-order valence-electron chi connectivity index (χ4n) is 1.96. The maximum atomic E-state index is 4.31. The zero-order chi connectivity index (χ0) is 10.9. The molecule has 0 saturated carbocycles. The van der Waals surface area contributed by atoms with Crippen LogP contribution in [0.25, 0.3) is 0 Å². The van der Waals surface area contributed by atoms with E-state index in [-0.39, 0.29) is 0 Å². The van der Waals surface area contributed by atoms with E-state index in [0.717, 1.165) is 24.7 Å². The third kappa shape index (κ3) is 2.19. The molecule has 15 heavy (non-hydrogen) atoms. The molecule has 0 unspecified atom stereocenters. The summed E-state index contributed by atoms with van der Waals surface area (Å²) in [5.41, 5.74) is 0.407. The van der Waals surface area contributed by atoms with E-state index < -0.39 is 0 Å². The number of hydrogen-bond acceptors (Lipinski definition) is 4. The second-order valence-corrected chi connectivity index (χ2v) is 4.85. The van der Waals surface area contributed by atoms with Crippen molar-refractivity contribution in [1.29, 1.82) is 0 Å². The first-order chi connectivity index (χ1) is 7.11. The summed E-state index contributed by atoms with van der Waals surface area (Å²) in [4.78, 5) is 10.7. The Balaban J connectivity index is 2.16. The highest BCUT2D eigenvalue weighted by Crippen LogP contribution is 2.31. The second kappa shape index (κ2) is 3.68. The van der Waals surface area contributed by atoms with Crippen LogP contribution >= 0.6 is 0 Å². The molecule has 1 aliphatic rings. The van der Waals surface area contributed by atoms with Gasteiger partial charge in [-0.05, 0) is 11.8 Å². The van der Waals surface area contributed by atoms with Crippen LogP contribution in [-0.4, -0.2) is 30.1 Å². The van der Waals surface area contributed by atoms with E-state index in [4.69, 9.17) is 0 Å². The molecule has 4 heteroatoms. The van der Waals surface area contributed by atoms with E-state index in [1.165, 1.54) is 6.42 Å². The van der Waals surface area contributed by atoms with E-state index in [0.29, 0.717) is 5.41 Å². The summed E-state index contributed by atoms with van der Waals surface area (Å²) >= 11 is 0. The Bertz CT molecular complexity index is 348. The summed E-state index contributed by atoms with van der Waals surface area (Å²) in [5.74, 6) is 1.91. The lowest BCUT2D eigenvalue weighted by atomic mass is 9.93. The molecular formula is C11H18N4. The predicted molar refractivity (Wildman–Crippen MR) is 62.2 cm³/mol. The normalized spacial score (nSPS) is 19.3. The maximum Gasteiger partial charge on any atom is 0.134 e. The Labute approximate surface area is 90.7 Å². The van der Waals surface area contributed by atoms with Gasteiger partial charge in [-0.3, -0.25) is 0 Å². The molecule has 0 aliphatic carbocycles. The van der Waals surface area contributed by atoms with Crippen LogP contribution < -0.4 is 10.2 Å². The van der Waals surface area contributed by atoms with Crippen molar-refractivity contribution >= 4 is 11.6 Å². The molecule has 1 aromatic heterocycles. The lowest BCUT2D eigenvalue weighted by Gasteiger charge is -2.20. The molecule has 0 atom stereocenters. The van der Waals surface area contributed by atoms with Crippen molar-refractivity contribution in [2.45, 2.75) is 20.3 Å². The molecule has 2 heterocycles. The minimum absolute atomic E-state index is 0.407. The average Bonchev–Trinajstić information content (AvgIpc) is 2.59. The summed E-state index contributed by atoms with van der Waals surface area (Å²) < 4.78 is 0. The fraction of sp³-hybridized carbons (Fsp3) is 0.636. The summed E-state index contributed by atoms with van der Waals surface area (Å²) in [6.45, 7) is 6.76. The van der Waals surface area contributed by atoms with Gasteiger partial charge in [0.1, 0.15) is 18.0 Å². The topological polar surface area (TPSA) is 41.0 Å². The first kappa shape index (κ1) is 10.2. The van der Waals surface area contributed by atoms with Crippen LogP contribution in [0.1, 0.15) is 20.3 Å². The van der Waals surface area contributed by atoms with Crippen molar-refractivity contribution in [3.63, 3.8) is 0 Å². The van der Waals surface area contributed by atoms with Crippen molar-refractivity contribution in [3.05, 3.63) is 12.4 Å². The van der Waals surface area contributed by atoms with Gasteiger partial charge < -0.3 is 10.2 Å². The van der Waals surface area contributed by atoms with Gasteiger partial charge in [0.25, 0.3) is 0 Å². The van der Waals surface area contributed by atoms with Gasteiger partial charge in [0, 0.05) is 26.2 Å². The van der Waals surface area contributed by atoms with Gasteiger partial charge in [-0.15, -0.1) is 0 Å². The maximum absolute atomic E-state index is 4.31. The predicted octanol–water partition coefficient (Wildman–Crippen LogP) is 1.75. The smallest absolute Gasteiger partial charge is 0.134 e.